The second kappa shape index (κ2) is 6.08. The van der Waals surface area contributed by atoms with E-state index >= 15 is 0 Å². The fraction of sp³-hybridized carbons (Fsp3) is 0.176. The average molecular weight is 314 g/mol. The molecule has 2 amide bonds. The SMILES string of the molecule is CN1C(=O)C(CC(=O)Nc2ccccc2F)Oc2ccccc21. The molecule has 1 aliphatic heterocycles. The van der Waals surface area contributed by atoms with Crippen LogP contribution >= 0.6 is 0 Å². The molecule has 0 saturated heterocycles. The Kier molecular flexibility index (Phi) is 3.97. The molecule has 0 aliphatic carbocycles. The number of ether oxygens (including phenoxy) is 1. The Balaban J connectivity index is 1.72. The molecule has 0 radical (unpaired) electrons. The Morgan fingerprint density at radius 1 is 1.22 bits per heavy atom. The van der Waals surface area contributed by atoms with Crippen LogP contribution in [-0.4, -0.2) is 25.0 Å². The highest BCUT2D eigenvalue weighted by molar-refractivity contribution is 6.03. The summed E-state index contributed by atoms with van der Waals surface area (Å²) in [5, 5.41) is 2.45. The van der Waals surface area contributed by atoms with Crippen LogP contribution in [0.15, 0.2) is 48.5 Å². The van der Waals surface area contributed by atoms with Crippen LogP contribution in [0.25, 0.3) is 0 Å². The highest BCUT2D eigenvalue weighted by atomic mass is 19.1. The lowest BCUT2D eigenvalue weighted by atomic mass is 10.1. The van der Waals surface area contributed by atoms with Gasteiger partial charge in [0, 0.05) is 7.05 Å². The van der Waals surface area contributed by atoms with E-state index in [0.29, 0.717) is 11.4 Å². The smallest absolute Gasteiger partial charge is 0.268 e. The minimum absolute atomic E-state index is 0.0783. The van der Waals surface area contributed by atoms with E-state index in [-0.39, 0.29) is 18.0 Å². The molecule has 2 aromatic rings. The zero-order valence-electron chi connectivity index (χ0n) is 12.5. The number of hydrogen-bond donors (Lipinski definition) is 1. The summed E-state index contributed by atoms with van der Waals surface area (Å²) in [5.74, 6) is -0.786. The van der Waals surface area contributed by atoms with E-state index < -0.39 is 17.8 Å². The number of likely N-dealkylation sites (N-methyl/N-ethyl adjacent to an activating group) is 1. The fourth-order valence-corrected chi connectivity index (χ4v) is 2.43. The Bertz CT molecular complexity index is 763. The molecule has 1 N–H and O–H groups in total. The van der Waals surface area contributed by atoms with Gasteiger partial charge < -0.3 is 15.0 Å². The van der Waals surface area contributed by atoms with Crippen molar-refractivity contribution >= 4 is 23.2 Å². The van der Waals surface area contributed by atoms with E-state index in [4.69, 9.17) is 4.74 Å². The number of rotatable bonds is 3. The number of nitrogens with one attached hydrogen (secondary N) is 1. The van der Waals surface area contributed by atoms with Gasteiger partial charge in [0.05, 0.1) is 17.8 Å². The minimum atomic E-state index is -0.929. The molecule has 118 valence electrons. The molecule has 1 unspecified atom stereocenters. The summed E-state index contributed by atoms with van der Waals surface area (Å²) in [4.78, 5) is 25.8. The molecule has 0 aromatic heterocycles. The van der Waals surface area contributed by atoms with Gasteiger partial charge in [0.2, 0.25) is 5.91 Å². The molecule has 1 heterocycles. The van der Waals surface area contributed by atoms with Crippen LogP contribution in [0.3, 0.4) is 0 Å². The molecule has 1 atom stereocenters. The number of nitrogens with zero attached hydrogens (tertiary/aromatic N) is 1. The molecule has 0 bridgehead atoms. The molecule has 0 spiro atoms. The molecule has 5 nitrogen and oxygen atoms in total. The number of para-hydroxylation sites is 3. The zero-order valence-corrected chi connectivity index (χ0v) is 12.5. The molecule has 6 heteroatoms. The Labute approximate surface area is 132 Å². The third-order valence-electron chi connectivity index (χ3n) is 3.62. The first kappa shape index (κ1) is 15.0. The van der Waals surface area contributed by atoms with Crippen molar-refractivity contribution in [1.82, 2.24) is 0 Å². The molecular weight excluding hydrogens is 299 g/mol. The van der Waals surface area contributed by atoms with E-state index in [1.54, 1.807) is 37.4 Å². The second-order valence-electron chi connectivity index (χ2n) is 5.20. The maximum absolute atomic E-state index is 13.5. The third-order valence-corrected chi connectivity index (χ3v) is 3.62. The van der Waals surface area contributed by atoms with Crippen LogP contribution in [0, 0.1) is 5.82 Å². The van der Waals surface area contributed by atoms with E-state index in [2.05, 4.69) is 5.32 Å². The van der Waals surface area contributed by atoms with Crippen LogP contribution < -0.4 is 15.0 Å². The van der Waals surface area contributed by atoms with Gasteiger partial charge in [-0.1, -0.05) is 24.3 Å². The number of amides is 2. The molecular formula is C17H15FN2O3. The summed E-state index contributed by atoms with van der Waals surface area (Å²) >= 11 is 0. The molecule has 2 aromatic carbocycles. The summed E-state index contributed by atoms with van der Waals surface area (Å²) in [5.41, 5.74) is 0.734. The summed E-state index contributed by atoms with van der Waals surface area (Å²) in [6.45, 7) is 0. The van der Waals surface area contributed by atoms with Crippen LogP contribution in [0.4, 0.5) is 15.8 Å². The maximum Gasteiger partial charge on any atom is 0.268 e. The van der Waals surface area contributed by atoms with Gasteiger partial charge in [0.15, 0.2) is 6.10 Å². The van der Waals surface area contributed by atoms with Gasteiger partial charge in [0.1, 0.15) is 11.6 Å². The summed E-state index contributed by atoms with van der Waals surface area (Å²) in [7, 11) is 1.63. The number of fused-ring (bicyclic) bond motifs is 1. The van der Waals surface area contributed by atoms with Gasteiger partial charge in [-0.3, -0.25) is 9.59 Å². The lowest BCUT2D eigenvalue weighted by molar-refractivity contribution is -0.130. The van der Waals surface area contributed by atoms with E-state index in [1.807, 2.05) is 0 Å². The molecule has 0 fully saturated rings. The predicted octanol–water partition coefficient (Wildman–Crippen LogP) is 2.58. The minimum Gasteiger partial charge on any atom is -0.478 e. The Hall–Kier alpha value is -2.89. The lowest BCUT2D eigenvalue weighted by Gasteiger charge is -2.31. The van der Waals surface area contributed by atoms with Crippen molar-refractivity contribution in [3.63, 3.8) is 0 Å². The maximum atomic E-state index is 13.5. The predicted molar refractivity (Wildman–Crippen MR) is 83.9 cm³/mol. The van der Waals surface area contributed by atoms with E-state index in [0.717, 1.165) is 0 Å². The molecule has 23 heavy (non-hydrogen) atoms. The highest BCUT2D eigenvalue weighted by Crippen LogP contribution is 2.33. The van der Waals surface area contributed by atoms with Crippen molar-refractivity contribution in [3.05, 3.63) is 54.3 Å². The quantitative estimate of drug-likeness (QED) is 0.947. The van der Waals surface area contributed by atoms with Gasteiger partial charge in [0.25, 0.3) is 5.91 Å². The first-order valence-electron chi connectivity index (χ1n) is 7.14. The summed E-state index contributed by atoms with van der Waals surface area (Å²) < 4.78 is 19.2. The molecule has 3 rings (SSSR count). The normalized spacial score (nSPS) is 16.5. The fourth-order valence-electron chi connectivity index (χ4n) is 2.43. The van der Waals surface area contributed by atoms with E-state index in [9.17, 15) is 14.0 Å². The first-order chi connectivity index (χ1) is 11.1. The molecule has 0 saturated carbocycles. The van der Waals surface area contributed by atoms with Crippen LogP contribution in [-0.2, 0) is 9.59 Å². The van der Waals surface area contributed by atoms with Crippen molar-refractivity contribution in [2.75, 3.05) is 17.3 Å². The van der Waals surface area contributed by atoms with Crippen molar-refractivity contribution in [3.8, 4) is 5.75 Å². The number of benzene rings is 2. The van der Waals surface area contributed by atoms with Gasteiger partial charge >= 0.3 is 0 Å². The number of carbonyl (C=O) groups is 2. The van der Waals surface area contributed by atoms with Crippen LogP contribution in [0.2, 0.25) is 0 Å². The van der Waals surface area contributed by atoms with Crippen molar-refractivity contribution in [1.29, 1.82) is 0 Å². The number of hydrogen-bond acceptors (Lipinski definition) is 3. The number of halogens is 1. The molecule has 1 aliphatic rings. The third kappa shape index (κ3) is 3.01. The monoisotopic (exact) mass is 314 g/mol. The Morgan fingerprint density at radius 3 is 2.70 bits per heavy atom. The van der Waals surface area contributed by atoms with Gasteiger partial charge in [-0.05, 0) is 24.3 Å². The highest BCUT2D eigenvalue weighted by Gasteiger charge is 2.33. The first-order valence-corrected chi connectivity index (χ1v) is 7.14. The summed E-state index contributed by atoms with van der Waals surface area (Å²) in [6, 6.07) is 13.0. The summed E-state index contributed by atoms with van der Waals surface area (Å²) in [6.07, 6.45) is -1.12. The van der Waals surface area contributed by atoms with Gasteiger partial charge in [-0.15, -0.1) is 0 Å². The van der Waals surface area contributed by atoms with Crippen molar-refractivity contribution in [2.24, 2.45) is 0 Å². The van der Waals surface area contributed by atoms with Gasteiger partial charge in [-0.2, -0.15) is 0 Å². The lowest BCUT2D eigenvalue weighted by Crippen LogP contribution is -2.45. The average Bonchev–Trinajstić information content (AvgIpc) is 2.54. The standard InChI is InChI=1S/C17H15FN2O3/c1-20-13-8-4-5-9-14(13)23-15(17(20)22)10-16(21)19-12-7-3-2-6-11(12)18/h2-9,15H,10H2,1H3,(H,19,21). The zero-order chi connectivity index (χ0) is 16.4. The second-order valence-corrected chi connectivity index (χ2v) is 5.20. The number of carbonyl (C=O) groups excluding carboxylic acids is 2. The topological polar surface area (TPSA) is 58.6 Å². The van der Waals surface area contributed by atoms with Crippen molar-refractivity contribution in [2.45, 2.75) is 12.5 Å². The van der Waals surface area contributed by atoms with Crippen LogP contribution in [0.5, 0.6) is 5.75 Å². The van der Waals surface area contributed by atoms with Crippen molar-refractivity contribution < 1.29 is 18.7 Å². The van der Waals surface area contributed by atoms with Crippen LogP contribution in [0.1, 0.15) is 6.42 Å². The van der Waals surface area contributed by atoms with Gasteiger partial charge in [-0.25, -0.2) is 4.39 Å². The largest absolute Gasteiger partial charge is 0.478 e. The van der Waals surface area contributed by atoms with E-state index in [1.165, 1.54) is 23.1 Å². The number of anilines is 2. The Morgan fingerprint density at radius 2 is 1.91 bits per heavy atom.